The number of ether oxygens (including phenoxy) is 1. The number of carbonyl (C=O) groups excluding carboxylic acids is 1. The summed E-state index contributed by atoms with van der Waals surface area (Å²) in [5, 5.41) is 6.73. The minimum absolute atomic E-state index is 0.202. The topological polar surface area (TPSA) is 70.9 Å². The molecule has 0 aromatic carbocycles. The van der Waals surface area contributed by atoms with Crippen LogP contribution in [0.3, 0.4) is 0 Å². The fourth-order valence-electron chi connectivity index (χ4n) is 2.93. The average molecular weight is 364 g/mol. The first-order valence-corrected chi connectivity index (χ1v) is 9.40. The molecule has 1 aliphatic heterocycles. The van der Waals surface area contributed by atoms with Crippen molar-refractivity contribution < 1.29 is 9.53 Å². The van der Waals surface area contributed by atoms with Gasteiger partial charge in [-0.3, -0.25) is 4.99 Å². The summed E-state index contributed by atoms with van der Waals surface area (Å²) in [6, 6.07) is 4.05. The van der Waals surface area contributed by atoms with Gasteiger partial charge in [-0.05, 0) is 51.7 Å². The maximum Gasteiger partial charge on any atom is 0.410 e. The molecule has 26 heavy (non-hydrogen) atoms. The van der Waals surface area contributed by atoms with E-state index in [4.69, 9.17) is 4.74 Å². The van der Waals surface area contributed by atoms with Crippen LogP contribution in [-0.2, 0) is 11.3 Å². The summed E-state index contributed by atoms with van der Waals surface area (Å²) in [5.41, 5.74) is -0.436. The van der Waals surface area contributed by atoms with Gasteiger partial charge in [0.25, 0.3) is 0 Å². The van der Waals surface area contributed by atoms with Gasteiger partial charge in [-0.1, -0.05) is 0 Å². The molecule has 2 heterocycles. The van der Waals surface area contributed by atoms with Crippen molar-refractivity contribution in [3.05, 3.63) is 24.5 Å². The van der Waals surface area contributed by atoms with Crippen LogP contribution in [0.15, 0.2) is 29.5 Å². The monoisotopic (exact) mass is 363 g/mol. The number of hydrogen-bond donors (Lipinski definition) is 2. The summed E-state index contributed by atoms with van der Waals surface area (Å²) in [7, 11) is 1.79. The van der Waals surface area contributed by atoms with Crippen LogP contribution in [0.25, 0.3) is 0 Å². The Hall–Kier alpha value is -2.18. The Bertz CT molecular complexity index is 569. The van der Waals surface area contributed by atoms with Crippen LogP contribution in [0, 0.1) is 5.92 Å². The van der Waals surface area contributed by atoms with Gasteiger partial charge in [0.05, 0.1) is 0 Å². The first-order chi connectivity index (χ1) is 12.4. The van der Waals surface area contributed by atoms with E-state index >= 15 is 0 Å². The molecular formula is C19H33N5O2. The van der Waals surface area contributed by atoms with E-state index in [-0.39, 0.29) is 6.09 Å². The van der Waals surface area contributed by atoms with Crippen LogP contribution in [-0.4, -0.2) is 60.3 Å². The Kier molecular flexibility index (Phi) is 7.36. The molecule has 1 aliphatic rings. The van der Waals surface area contributed by atoms with E-state index < -0.39 is 5.60 Å². The highest BCUT2D eigenvalue weighted by Crippen LogP contribution is 2.19. The molecule has 1 amide bonds. The molecule has 0 bridgehead atoms. The number of nitrogens with zero attached hydrogens (tertiary/aromatic N) is 3. The van der Waals surface area contributed by atoms with Crippen molar-refractivity contribution in [2.24, 2.45) is 10.9 Å². The number of piperidine rings is 1. The van der Waals surface area contributed by atoms with Crippen LogP contribution in [0.4, 0.5) is 4.79 Å². The quantitative estimate of drug-likeness (QED) is 0.622. The Morgan fingerprint density at radius 2 is 1.85 bits per heavy atom. The minimum Gasteiger partial charge on any atom is -0.444 e. The number of aliphatic imine (C=N–C) groups is 1. The zero-order valence-electron chi connectivity index (χ0n) is 16.5. The number of amides is 1. The molecule has 2 N–H and O–H groups in total. The van der Waals surface area contributed by atoms with E-state index in [1.807, 2.05) is 37.8 Å². The number of likely N-dealkylation sites (tertiary alicyclic amines) is 1. The fraction of sp³-hybridized carbons (Fsp3) is 0.684. The molecule has 1 aromatic heterocycles. The smallest absolute Gasteiger partial charge is 0.410 e. The lowest BCUT2D eigenvalue weighted by Gasteiger charge is -2.33. The Morgan fingerprint density at radius 3 is 2.42 bits per heavy atom. The zero-order chi connectivity index (χ0) is 19.0. The van der Waals surface area contributed by atoms with Crippen molar-refractivity contribution >= 4 is 12.1 Å². The van der Waals surface area contributed by atoms with Crippen LogP contribution in [0.5, 0.6) is 0 Å². The van der Waals surface area contributed by atoms with E-state index in [0.717, 1.165) is 51.5 Å². The van der Waals surface area contributed by atoms with Crippen LogP contribution in [0.1, 0.15) is 33.6 Å². The van der Waals surface area contributed by atoms with Crippen molar-refractivity contribution in [3.8, 4) is 0 Å². The lowest BCUT2D eigenvalue weighted by Crippen LogP contribution is -2.45. The largest absolute Gasteiger partial charge is 0.444 e. The third-order valence-corrected chi connectivity index (χ3v) is 4.38. The molecule has 0 unspecified atom stereocenters. The van der Waals surface area contributed by atoms with Crippen LogP contribution < -0.4 is 10.6 Å². The predicted octanol–water partition coefficient (Wildman–Crippen LogP) is 2.30. The molecule has 0 saturated carbocycles. The summed E-state index contributed by atoms with van der Waals surface area (Å²) in [4.78, 5) is 18.2. The van der Waals surface area contributed by atoms with Gasteiger partial charge in [-0.2, -0.15) is 0 Å². The second kappa shape index (κ2) is 9.50. The molecule has 0 aliphatic carbocycles. The fourth-order valence-corrected chi connectivity index (χ4v) is 2.93. The number of hydrogen-bond acceptors (Lipinski definition) is 3. The van der Waals surface area contributed by atoms with E-state index in [2.05, 4.69) is 32.6 Å². The maximum absolute atomic E-state index is 12.1. The molecule has 1 saturated heterocycles. The summed E-state index contributed by atoms with van der Waals surface area (Å²) in [6.07, 6.45) is 5.86. The van der Waals surface area contributed by atoms with Gasteiger partial charge in [-0.25, -0.2) is 4.79 Å². The number of nitrogens with one attached hydrogen (secondary N) is 2. The third kappa shape index (κ3) is 6.98. The number of rotatable bonds is 5. The summed E-state index contributed by atoms with van der Waals surface area (Å²) < 4.78 is 7.57. The van der Waals surface area contributed by atoms with Gasteiger partial charge in [0, 0.05) is 52.2 Å². The van der Waals surface area contributed by atoms with Crippen molar-refractivity contribution in [1.29, 1.82) is 0 Å². The second-order valence-corrected chi connectivity index (χ2v) is 7.71. The van der Waals surface area contributed by atoms with Crippen LogP contribution >= 0.6 is 0 Å². The molecule has 2 rings (SSSR count). The second-order valence-electron chi connectivity index (χ2n) is 7.71. The summed E-state index contributed by atoms with van der Waals surface area (Å²) in [5.74, 6) is 1.36. The maximum atomic E-state index is 12.1. The first-order valence-electron chi connectivity index (χ1n) is 9.40. The zero-order valence-corrected chi connectivity index (χ0v) is 16.5. The van der Waals surface area contributed by atoms with Gasteiger partial charge in [-0.15, -0.1) is 0 Å². The standard InChI is InChI=1S/C19H33N5O2/c1-19(2,3)26-18(25)24-12-7-16(8-13-24)15-22-17(20-4)21-9-14-23-10-5-6-11-23/h5-6,10-11,16H,7-9,12-15H2,1-4H3,(H2,20,21,22). The minimum atomic E-state index is -0.436. The summed E-state index contributed by atoms with van der Waals surface area (Å²) >= 11 is 0. The van der Waals surface area contributed by atoms with Crippen molar-refractivity contribution in [2.45, 2.75) is 45.8 Å². The van der Waals surface area contributed by atoms with E-state index in [0.29, 0.717) is 5.92 Å². The molecular weight excluding hydrogens is 330 g/mol. The van der Waals surface area contributed by atoms with E-state index in [9.17, 15) is 4.79 Å². The normalized spacial score (nSPS) is 16.5. The van der Waals surface area contributed by atoms with E-state index in [1.165, 1.54) is 0 Å². The molecule has 1 fully saturated rings. The number of guanidine groups is 1. The van der Waals surface area contributed by atoms with Crippen molar-refractivity contribution in [3.63, 3.8) is 0 Å². The van der Waals surface area contributed by atoms with Crippen molar-refractivity contribution in [2.75, 3.05) is 33.2 Å². The molecule has 0 radical (unpaired) electrons. The lowest BCUT2D eigenvalue weighted by molar-refractivity contribution is 0.0185. The van der Waals surface area contributed by atoms with Gasteiger partial charge in [0.2, 0.25) is 0 Å². The Labute approximate surface area is 156 Å². The molecule has 0 atom stereocenters. The first kappa shape index (κ1) is 20.1. The number of carbonyl (C=O) groups is 1. The molecule has 1 aromatic rings. The number of aromatic nitrogens is 1. The highest BCUT2D eigenvalue weighted by Gasteiger charge is 2.26. The predicted molar refractivity (Wildman–Crippen MR) is 104 cm³/mol. The van der Waals surface area contributed by atoms with Crippen LogP contribution in [0.2, 0.25) is 0 Å². The summed E-state index contributed by atoms with van der Waals surface area (Å²) in [6.45, 7) is 9.80. The van der Waals surface area contributed by atoms with Gasteiger partial charge in [0.1, 0.15) is 5.60 Å². The van der Waals surface area contributed by atoms with Gasteiger partial charge >= 0.3 is 6.09 Å². The Morgan fingerprint density at radius 1 is 1.19 bits per heavy atom. The molecule has 7 heteroatoms. The highest BCUT2D eigenvalue weighted by atomic mass is 16.6. The van der Waals surface area contributed by atoms with E-state index in [1.54, 1.807) is 7.05 Å². The van der Waals surface area contributed by atoms with Gasteiger partial charge in [0.15, 0.2) is 5.96 Å². The molecule has 0 spiro atoms. The highest BCUT2D eigenvalue weighted by molar-refractivity contribution is 5.79. The third-order valence-electron chi connectivity index (χ3n) is 4.38. The molecule has 7 nitrogen and oxygen atoms in total. The average Bonchev–Trinajstić information content (AvgIpc) is 3.10. The molecule has 146 valence electrons. The lowest BCUT2D eigenvalue weighted by atomic mass is 9.97. The SMILES string of the molecule is CN=C(NCCn1cccc1)NCC1CCN(C(=O)OC(C)(C)C)CC1. The van der Waals surface area contributed by atoms with Crippen molar-refractivity contribution in [1.82, 2.24) is 20.1 Å². The van der Waals surface area contributed by atoms with Gasteiger partial charge < -0.3 is 24.8 Å². The Balaban J connectivity index is 1.64.